The second kappa shape index (κ2) is 4.85. The van der Waals surface area contributed by atoms with E-state index >= 15 is 0 Å². The van der Waals surface area contributed by atoms with Gasteiger partial charge in [-0.05, 0) is 25.1 Å². The number of aromatic nitrogens is 3. The van der Waals surface area contributed by atoms with Gasteiger partial charge in [-0.2, -0.15) is 4.98 Å². The van der Waals surface area contributed by atoms with Crippen LogP contribution in [0.3, 0.4) is 0 Å². The maximum Gasteiger partial charge on any atom is 0.246 e. The first-order valence-corrected chi connectivity index (χ1v) is 6.54. The Morgan fingerprint density at radius 3 is 3.00 bits per heavy atom. The molecule has 0 radical (unpaired) electrons. The van der Waals surface area contributed by atoms with Gasteiger partial charge < -0.3 is 14.6 Å². The standard InChI is InChI=1S/C12H12N4O2S/c1-7-14-11(18-16-7)6-13-12-15-9-4-3-8(17-2)5-10(9)19-12/h3-5H,6H2,1-2H3,(H,13,15). The number of aryl methyl sites for hydroxylation is 1. The Labute approximate surface area is 113 Å². The SMILES string of the molecule is COc1ccc2nc(NCc3nc(C)no3)sc2c1. The number of thiazole rings is 1. The minimum absolute atomic E-state index is 0.470. The second-order valence-electron chi connectivity index (χ2n) is 3.94. The lowest BCUT2D eigenvalue weighted by molar-refractivity contribution is 0.379. The molecule has 3 aromatic rings. The molecule has 1 N–H and O–H groups in total. The summed E-state index contributed by atoms with van der Waals surface area (Å²) in [5.41, 5.74) is 0.940. The van der Waals surface area contributed by atoms with Gasteiger partial charge in [-0.15, -0.1) is 0 Å². The highest BCUT2D eigenvalue weighted by Gasteiger charge is 2.07. The van der Waals surface area contributed by atoms with E-state index in [4.69, 9.17) is 9.26 Å². The predicted molar refractivity (Wildman–Crippen MR) is 72.5 cm³/mol. The number of ether oxygens (including phenoxy) is 1. The lowest BCUT2D eigenvalue weighted by atomic mass is 10.3. The number of rotatable bonds is 4. The van der Waals surface area contributed by atoms with Gasteiger partial charge in [0, 0.05) is 0 Å². The summed E-state index contributed by atoms with van der Waals surface area (Å²) in [4.78, 5) is 8.60. The Balaban J connectivity index is 1.77. The number of hydrogen-bond acceptors (Lipinski definition) is 7. The Hall–Kier alpha value is -2.15. The topological polar surface area (TPSA) is 73.1 Å². The summed E-state index contributed by atoms with van der Waals surface area (Å²) in [5.74, 6) is 2.01. The minimum atomic E-state index is 0.470. The van der Waals surface area contributed by atoms with Gasteiger partial charge in [-0.3, -0.25) is 0 Å². The molecule has 0 aliphatic carbocycles. The van der Waals surface area contributed by atoms with Crippen molar-refractivity contribution in [3.63, 3.8) is 0 Å². The summed E-state index contributed by atoms with van der Waals surface area (Å²) in [5, 5.41) is 7.72. The van der Waals surface area contributed by atoms with E-state index in [1.165, 1.54) is 0 Å². The molecule has 1 aromatic carbocycles. The van der Waals surface area contributed by atoms with Crippen molar-refractivity contribution in [2.45, 2.75) is 13.5 Å². The van der Waals surface area contributed by atoms with Crippen LogP contribution in [-0.2, 0) is 6.54 Å². The Bertz CT molecular complexity index is 707. The van der Waals surface area contributed by atoms with Gasteiger partial charge in [-0.25, -0.2) is 4.98 Å². The zero-order valence-corrected chi connectivity index (χ0v) is 11.3. The van der Waals surface area contributed by atoms with Crippen LogP contribution in [0.5, 0.6) is 5.75 Å². The molecule has 3 rings (SSSR count). The molecule has 2 heterocycles. The molecule has 0 saturated heterocycles. The molecule has 98 valence electrons. The zero-order chi connectivity index (χ0) is 13.2. The quantitative estimate of drug-likeness (QED) is 0.789. The van der Waals surface area contributed by atoms with Crippen molar-refractivity contribution >= 4 is 26.7 Å². The van der Waals surface area contributed by atoms with E-state index in [-0.39, 0.29) is 0 Å². The molecule has 0 unspecified atom stereocenters. The fourth-order valence-corrected chi connectivity index (χ4v) is 2.56. The van der Waals surface area contributed by atoms with Crippen molar-refractivity contribution < 1.29 is 9.26 Å². The summed E-state index contributed by atoms with van der Waals surface area (Å²) in [6.45, 7) is 2.26. The van der Waals surface area contributed by atoms with Crippen molar-refractivity contribution in [2.75, 3.05) is 12.4 Å². The second-order valence-corrected chi connectivity index (χ2v) is 4.97. The smallest absolute Gasteiger partial charge is 0.246 e. The zero-order valence-electron chi connectivity index (χ0n) is 10.5. The van der Waals surface area contributed by atoms with Crippen molar-refractivity contribution in [1.82, 2.24) is 15.1 Å². The first-order valence-electron chi connectivity index (χ1n) is 5.72. The number of methoxy groups -OCH3 is 1. The van der Waals surface area contributed by atoms with E-state index < -0.39 is 0 Å². The molecule has 0 saturated carbocycles. The number of fused-ring (bicyclic) bond motifs is 1. The average molecular weight is 276 g/mol. The van der Waals surface area contributed by atoms with E-state index in [0.717, 1.165) is 21.1 Å². The minimum Gasteiger partial charge on any atom is -0.497 e. The first kappa shape index (κ1) is 11.9. The maximum absolute atomic E-state index is 5.19. The number of hydrogen-bond donors (Lipinski definition) is 1. The molecule has 0 aliphatic rings. The van der Waals surface area contributed by atoms with Crippen LogP contribution in [-0.4, -0.2) is 22.2 Å². The van der Waals surface area contributed by atoms with E-state index in [1.54, 1.807) is 25.4 Å². The van der Waals surface area contributed by atoms with Crippen LogP contribution >= 0.6 is 11.3 Å². The molecule has 6 nitrogen and oxygen atoms in total. The largest absolute Gasteiger partial charge is 0.497 e. The van der Waals surface area contributed by atoms with Gasteiger partial charge >= 0.3 is 0 Å². The summed E-state index contributed by atoms with van der Waals surface area (Å²) < 4.78 is 11.3. The third kappa shape index (κ3) is 2.50. The normalized spacial score (nSPS) is 10.8. The molecule has 0 amide bonds. The van der Waals surface area contributed by atoms with Crippen LogP contribution in [0.4, 0.5) is 5.13 Å². The van der Waals surface area contributed by atoms with Crippen LogP contribution in [0.25, 0.3) is 10.2 Å². The van der Waals surface area contributed by atoms with Crippen LogP contribution in [0.15, 0.2) is 22.7 Å². The highest BCUT2D eigenvalue weighted by atomic mass is 32.1. The summed E-state index contributed by atoms with van der Waals surface area (Å²) >= 11 is 1.56. The Morgan fingerprint density at radius 2 is 2.26 bits per heavy atom. The van der Waals surface area contributed by atoms with E-state index in [9.17, 15) is 0 Å². The lowest BCUT2D eigenvalue weighted by Crippen LogP contribution is -1.98. The number of nitrogens with zero attached hydrogens (tertiary/aromatic N) is 3. The summed E-state index contributed by atoms with van der Waals surface area (Å²) in [7, 11) is 1.65. The van der Waals surface area contributed by atoms with Gasteiger partial charge in [-0.1, -0.05) is 16.5 Å². The van der Waals surface area contributed by atoms with Crippen molar-refractivity contribution in [2.24, 2.45) is 0 Å². The van der Waals surface area contributed by atoms with Crippen LogP contribution in [0.2, 0.25) is 0 Å². The van der Waals surface area contributed by atoms with Crippen LogP contribution in [0.1, 0.15) is 11.7 Å². The fourth-order valence-electron chi connectivity index (χ4n) is 1.67. The highest BCUT2D eigenvalue weighted by Crippen LogP contribution is 2.29. The molecule has 0 atom stereocenters. The van der Waals surface area contributed by atoms with E-state index in [1.807, 2.05) is 18.2 Å². The molecular weight excluding hydrogens is 264 g/mol. The van der Waals surface area contributed by atoms with Gasteiger partial charge in [0.1, 0.15) is 5.75 Å². The van der Waals surface area contributed by atoms with Gasteiger partial charge in [0.05, 0.1) is 23.9 Å². The molecule has 0 bridgehead atoms. The van der Waals surface area contributed by atoms with E-state index in [2.05, 4.69) is 20.4 Å². The lowest BCUT2D eigenvalue weighted by Gasteiger charge is -1.96. The molecule has 7 heteroatoms. The fraction of sp³-hybridized carbons (Fsp3) is 0.250. The average Bonchev–Trinajstić information content (AvgIpc) is 3.01. The molecule has 0 spiro atoms. The number of nitrogens with one attached hydrogen (secondary N) is 1. The van der Waals surface area contributed by atoms with Gasteiger partial charge in [0.15, 0.2) is 11.0 Å². The maximum atomic E-state index is 5.19. The van der Waals surface area contributed by atoms with Crippen molar-refractivity contribution in [1.29, 1.82) is 0 Å². The van der Waals surface area contributed by atoms with Gasteiger partial charge in [0.25, 0.3) is 0 Å². The molecular formula is C12H12N4O2S. The van der Waals surface area contributed by atoms with Gasteiger partial charge in [0.2, 0.25) is 5.89 Å². The number of benzene rings is 1. The first-order chi connectivity index (χ1) is 9.24. The molecule has 19 heavy (non-hydrogen) atoms. The molecule has 0 aliphatic heterocycles. The summed E-state index contributed by atoms with van der Waals surface area (Å²) in [6.07, 6.45) is 0. The van der Waals surface area contributed by atoms with Crippen molar-refractivity contribution in [3.05, 3.63) is 29.9 Å². The monoisotopic (exact) mass is 276 g/mol. The molecule has 0 fully saturated rings. The van der Waals surface area contributed by atoms with Crippen molar-refractivity contribution in [3.8, 4) is 5.75 Å². The summed E-state index contributed by atoms with van der Waals surface area (Å²) in [6, 6.07) is 5.80. The Kier molecular flexibility index (Phi) is 3.04. The van der Waals surface area contributed by atoms with Crippen LogP contribution < -0.4 is 10.1 Å². The third-order valence-corrected chi connectivity index (χ3v) is 3.53. The third-order valence-electron chi connectivity index (χ3n) is 2.56. The highest BCUT2D eigenvalue weighted by molar-refractivity contribution is 7.22. The number of anilines is 1. The van der Waals surface area contributed by atoms with E-state index in [0.29, 0.717) is 18.3 Å². The molecule has 2 aromatic heterocycles. The van der Waals surface area contributed by atoms with Crippen LogP contribution in [0, 0.1) is 6.92 Å². The Morgan fingerprint density at radius 1 is 1.37 bits per heavy atom. The predicted octanol–water partition coefficient (Wildman–Crippen LogP) is 2.61.